The summed E-state index contributed by atoms with van der Waals surface area (Å²) in [5.74, 6) is -5.77. The Morgan fingerprint density at radius 2 is 1.89 bits per heavy atom. The predicted molar refractivity (Wildman–Crippen MR) is 124 cm³/mol. The van der Waals surface area contributed by atoms with Gasteiger partial charge >= 0.3 is 0 Å². The molecule has 2 aromatic rings. The van der Waals surface area contributed by atoms with Crippen LogP contribution in [0.4, 0.5) is 8.78 Å². The van der Waals surface area contributed by atoms with Crippen LogP contribution in [-0.4, -0.2) is 46.1 Å². The number of pyridine rings is 1. The average molecular weight is 515 g/mol. The number of nitrogens with zero attached hydrogens (tertiary/aromatic N) is 3. The number of aromatic nitrogens is 1. The van der Waals surface area contributed by atoms with Crippen LogP contribution >= 0.6 is 11.6 Å². The van der Waals surface area contributed by atoms with E-state index < -0.39 is 46.8 Å². The summed E-state index contributed by atoms with van der Waals surface area (Å²) < 4.78 is 28.1. The largest absolute Gasteiger partial charge is 0.348 e. The van der Waals surface area contributed by atoms with Crippen LogP contribution in [0.15, 0.2) is 35.1 Å². The SMILES string of the molecule is N#Cc1ccc(CNC(=O)c2ccc3n(c2=O)CCN(CC2(C(=O)[C@@H]4CC4(F)F)CC2)C3=O)cc1Cl. The minimum Gasteiger partial charge on any atom is -0.348 e. The molecule has 36 heavy (non-hydrogen) atoms. The van der Waals surface area contributed by atoms with Gasteiger partial charge < -0.3 is 14.8 Å². The molecule has 1 aromatic heterocycles. The third kappa shape index (κ3) is 4.17. The van der Waals surface area contributed by atoms with Gasteiger partial charge in [-0.15, -0.1) is 0 Å². The van der Waals surface area contributed by atoms with Crippen molar-refractivity contribution >= 4 is 29.2 Å². The number of alkyl halides is 2. The van der Waals surface area contributed by atoms with Crippen LogP contribution in [-0.2, 0) is 17.9 Å². The highest BCUT2D eigenvalue weighted by Crippen LogP contribution is 2.58. The summed E-state index contributed by atoms with van der Waals surface area (Å²) in [6, 6.07) is 9.33. The minimum atomic E-state index is -2.94. The Balaban J connectivity index is 1.27. The number of hydrogen-bond donors (Lipinski definition) is 1. The van der Waals surface area contributed by atoms with Gasteiger partial charge in [0, 0.05) is 38.0 Å². The van der Waals surface area contributed by atoms with Crippen molar-refractivity contribution in [2.45, 2.75) is 38.3 Å². The Morgan fingerprint density at radius 3 is 2.50 bits per heavy atom. The molecule has 2 saturated carbocycles. The molecular weight excluding hydrogens is 494 g/mol. The highest BCUT2D eigenvalue weighted by molar-refractivity contribution is 6.31. The van der Waals surface area contributed by atoms with E-state index in [4.69, 9.17) is 16.9 Å². The van der Waals surface area contributed by atoms with Crippen molar-refractivity contribution < 1.29 is 23.2 Å². The Labute approximate surface area is 209 Å². The first kappa shape index (κ1) is 24.1. The van der Waals surface area contributed by atoms with Crippen LogP contribution in [0.3, 0.4) is 0 Å². The lowest BCUT2D eigenvalue weighted by molar-refractivity contribution is -0.128. The van der Waals surface area contributed by atoms with E-state index in [1.54, 1.807) is 12.1 Å². The summed E-state index contributed by atoms with van der Waals surface area (Å²) in [4.78, 5) is 52.7. The number of nitrogens with one attached hydrogen (secondary N) is 1. The molecule has 0 saturated heterocycles. The zero-order chi connectivity index (χ0) is 25.8. The molecule has 3 aliphatic rings. The van der Waals surface area contributed by atoms with E-state index in [-0.39, 0.29) is 42.5 Å². The molecule has 1 N–H and O–H groups in total. The quantitative estimate of drug-likeness (QED) is 0.610. The maximum atomic E-state index is 13.4. The fourth-order valence-electron chi connectivity index (χ4n) is 4.70. The second-order valence-electron chi connectivity index (χ2n) is 9.59. The molecule has 2 amide bonds. The average Bonchev–Trinajstić information content (AvgIpc) is 3.76. The number of carbonyl (C=O) groups excluding carboxylic acids is 3. The van der Waals surface area contributed by atoms with E-state index in [2.05, 4.69) is 5.32 Å². The fourth-order valence-corrected chi connectivity index (χ4v) is 4.94. The molecule has 0 radical (unpaired) electrons. The lowest BCUT2D eigenvalue weighted by atomic mass is 9.95. The van der Waals surface area contributed by atoms with Gasteiger partial charge in [0.25, 0.3) is 23.3 Å². The van der Waals surface area contributed by atoms with E-state index in [1.807, 2.05) is 6.07 Å². The summed E-state index contributed by atoms with van der Waals surface area (Å²) in [5, 5.41) is 11.8. The number of benzene rings is 1. The van der Waals surface area contributed by atoms with E-state index in [1.165, 1.54) is 27.7 Å². The van der Waals surface area contributed by atoms with Gasteiger partial charge in [0.05, 0.1) is 16.5 Å². The summed E-state index contributed by atoms with van der Waals surface area (Å²) >= 11 is 6.01. The Hall–Kier alpha value is -3.58. The Morgan fingerprint density at radius 1 is 1.17 bits per heavy atom. The first-order valence-corrected chi connectivity index (χ1v) is 11.9. The molecule has 8 nitrogen and oxygen atoms in total. The van der Waals surface area contributed by atoms with Crippen LogP contribution in [0.1, 0.15) is 51.2 Å². The second kappa shape index (κ2) is 8.52. The van der Waals surface area contributed by atoms with Crippen LogP contribution in [0.25, 0.3) is 0 Å². The highest BCUT2D eigenvalue weighted by atomic mass is 35.5. The highest BCUT2D eigenvalue weighted by Gasteiger charge is 2.67. The molecular formula is C25H21ClF2N4O4. The number of amides is 2. The number of hydrogen-bond acceptors (Lipinski definition) is 5. The predicted octanol–water partition coefficient (Wildman–Crippen LogP) is 2.76. The molecule has 2 heterocycles. The van der Waals surface area contributed by atoms with Gasteiger partial charge in [-0.2, -0.15) is 5.26 Å². The molecule has 2 fully saturated rings. The number of ketones is 1. The molecule has 0 bridgehead atoms. The van der Waals surface area contributed by atoms with Crippen LogP contribution < -0.4 is 10.9 Å². The first-order chi connectivity index (χ1) is 17.1. The normalized spacial score (nSPS) is 20.8. The molecule has 11 heteroatoms. The fraction of sp³-hybridized carbons (Fsp3) is 0.400. The summed E-state index contributed by atoms with van der Waals surface area (Å²) in [7, 11) is 0. The van der Waals surface area contributed by atoms with E-state index in [9.17, 15) is 28.0 Å². The van der Waals surface area contributed by atoms with Crippen molar-refractivity contribution in [3.8, 4) is 6.07 Å². The van der Waals surface area contributed by atoms with Crippen molar-refractivity contribution in [3.05, 3.63) is 68.1 Å². The van der Waals surface area contributed by atoms with Crippen molar-refractivity contribution in [1.29, 1.82) is 5.26 Å². The van der Waals surface area contributed by atoms with Gasteiger partial charge in [-0.25, -0.2) is 8.78 Å². The Bertz CT molecular complexity index is 1410. The van der Waals surface area contributed by atoms with Crippen molar-refractivity contribution in [2.75, 3.05) is 13.1 Å². The third-order valence-corrected chi connectivity index (χ3v) is 7.45. The summed E-state index contributed by atoms with van der Waals surface area (Å²) in [6.45, 7) is 0.391. The maximum Gasteiger partial charge on any atom is 0.270 e. The van der Waals surface area contributed by atoms with Gasteiger partial charge in [-0.05, 0) is 42.7 Å². The molecule has 0 unspecified atom stereocenters. The number of fused-ring (bicyclic) bond motifs is 1. The minimum absolute atomic E-state index is 0.0564. The monoisotopic (exact) mass is 514 g/mol. The van der Waals surface area contributed by atoms with Crippen molar-refractivity contribution in [3.63, 3.8) is 0 Å². The van der Waals surface area contributed by atoms with E-state index >= 15 is 0 Å². The lowest BCUT2D eigenvalue weighted by Gasteiger charge is -2.32. The van der Waals surface area contributed by atoms with Crippen LogP contribution in [0.5, 0.6) is 0 Å². The zero-order valence-electron chi connectivity index (χ0n) is 19.0. The maximum absolute atomic E-state index is 13.4. The van der Waals surface area contributed by atoms with E-state index in [0.29, 0.717) is 24.0 Å². The van der Waals surface area contributed by atoms with E-state index in [0.717, 1.165) is 0 Å². The van der Waals surface area contributed by atoms with Crippen molar-refractivity contribution in [1.82, 2.24) is 14.8 Å². The standard InChI is InChI=1S/C25H21ClF2N4O4/c26-18-9-14(1-2-15(18)11-29)12-30-21(34)16-3-4-19-23(36)31(7-8-32(19)22(16)35)13-24(5-6-24)20(33)17-10-25(17,27)28/h1-4,9,17H,5-8,10,12-13H2,(H,30,34)/t17-/m0/s1. The van der Waals surface area contributed by atoms with Gasteiger partial charge in [-0.1, -0.05) is 17.7 Å². The number of rotatable bonds is 7. The molecule has 2 aliphatic carbocycles. The third-order valence-electron chi connectivity index (χ3n) is 7.14. The second-order valence-corrected chi connectivity index (χ2v) is 9.99. The summed E-state index contributed by atoms with van der Waals surface area (Å²) in [5.41, 5.74) is -0.641. The number of carbonyl (C=O) groups is 3. The first-order valence-electron chi connectivity index (χ1n) is 11.5. The number of halogens is 3. The van der Waals surface area contributed by atoms with Crippen molar-refractivity contribution in [2.24, 2.45) is 11.3 Å². The molecule has 1 aliphatic heterocycles. The molecule has 5 rings (SSSR count). The van der Waals surface area contributed by atoms with Gasteiger partial charge in [0.15, 0.2) is 0 Å². The van der Waals surface area contributed by atoms with Crippen LogP contribution in [0.2, 0.25) is 5.02 Å². The van der Waals surface area contributed by atoms with Gasteiger partial charge in [0.2, 0.25) is 0 Å². The van der Waals surface area contributed by atoms with Crippen LogP contribution in [0, 0.1) is 22.7 Å². The molecule has 0 spiro atoms. The van der Waals surface area contributed by atoms with Gasteiger partial charge in [-0.3, -0.25) is 19.2 Å². The topological polar surface area (TPSA) is 112 Å². The Kier molecular flexibility index (Phi) is 5.71. The lowest BCUT2D eigenvalue weighted by Crippen LogP contribution is -2.48. The zero-order valence-corrected chi connectivity index (χ0v) is 19.8. The molecule has 186 valence electrons. The van der Waals surface area contributed by atoms with Gasteiger partial charge in [0.1, 0.15) is 23.1 Å². The molecule has 1 atom stereocenters. The number of nitriles is 1. The smallest absolute Gasteiger partial charge is 0.270 e. The number of Topliss-reactive ketones (excluding diaryl/α,β-unsaturated/α-hetero) is 1. The molecule has 1 aromatic carbocycles. The summed E-state index contributed by atoms with van der Waals surface area (Å²) in [6.07, 6.45) is 0.514.